The van der Waals surface area contributed by atoms with E-state index in [4.69, 9.17) is 4.74 Å². The second kappa shape index (κ2) is 7.00. The summed E-state index contributed by atoms with van der Waals surface area (Å²) in [5, 5.41) is 2.77. The molecule has 0 unspecified atom stereocenters. The number of ether oxygens (including phenoxy) is 1. The topological polar surface area (TPSA) is 67.0 Å². The fourth-order valence-corrected chi connectivity index (χ4v) is 1.14. The molecule has 1 heterocycles. The first-order chi connectivity index (χ1) is 7.33. The lowest BCUT2D eigenvalue weighted by molar-refractivity contribution is -0.121. The highest BCUT2D eigenvalue weighted by Gasteiger charge is 2.01. The van der Waals surface area contributed by atoms with Gasteiger partial charge >= 0.3 is 0 Å². The number of aromatic nitrogens is 2. The van der Waals surface area contributed by atoms with Crippen LogP contribution in [0.15, 0.2) is 12.4 Å². The summed E-state index contributed by atoms with van der Waals surface area (Å²) >= 11 is 0. The van der Waals surface area contributed by atoms with E-state index >= 15 is 0 Å². The average Bonchev–Trinajstić information content (AvgIpc) is 2.74. The number of hydrogen-bond donors (Lipinski definition) is 2. The molecule has 5 heteroatoms. The van der Waals surface area contributed by atoms with Gasteiger partial charge in [0.1, 0.15) is 5.82 Å². The number of amides is 1. The Morgan fingerprint density at radius 2 is 2.53 bits per heavy atom. The third-order valence-electron chi connectivity index (χ3n) is 1.90. The van der Waals surface area contributed by atoms with Crippen LogP contribution in [0.1, 0.15) is 25.6 Å². The van der Waals surface area contributed by atoms with Crippen molar-refractivity contribution in [3.05, 3.63) is 18.2 Å². The van der Waals surface area contributed by atoms with Crippen LogP contribution in [-0.4, -0.2) is 29.1 Å². The van der Waals surface area contributed by atoms with Crippen molar-refractivity contribution in [3.63, 3.8) is 0 Å². The highest BCUT2D eigenvalue weighted by atomic mass is 16.5. The monoisotopic (exact) mass is 211 g/mol. The maximum Gasteiger partial charge on any atom is 0.220 e. The summed E-state index contributed by atoms with van der Waals surface area (Å²) in [4.78, 5) is 18.2. The van der Waals surface area contributed by atoms with E-state index in [9.17, 15) is 4.79 Å². The number of nitrogens with zero attached hydrogens (tertiary/aromatic N) is 1. The molecule has 1 rings (SSSR count). The second-order valence-electron chi connectivity index (χ2n) is 3.11. The van der Waals surface area contributed by atoms with Crippen molar-refractivity contribution in [2.24, 2.45) is 0 Å². The van der Waals surface area contributed by atoms with Gasteiger partial charge in [-0.1, -0.05) is 0 Å². The highest BCUT2D eigenvalue weighted by molar-refractivity contribution is 5.75. The molecular weight excluding hydrogens is 194 g/mol. The lowest BCUT2D eigenvalue weighted by Gasteiger charge is -2.03. The first-order valence-electron chi connectivity index (χ1n) is 5.15. The lowest BCUT2D eigenvalue weighted by Crippen LogP contribution is -2.23. The minimum absolute atomic E-state index is 0.0334. The SMILES string of the molecule is CCOCCCC(=O)NCc1ncc[nH]1. The van der Waals surface area contributed by atoms with Crippen molar-refractivity contribution >= 4 is 5.91 Å². The predicted molar refractivity (Wildman–Crippen MR) is 56.2 cm³/mol. The van der Waals surface area contributed by atoms with Crippen LogP contribution in [0.4, 0.5) is 0 Å². The Bertz CT molecular complexity index is 272. The van der Waals surface area contributed by atoms with Gasteiger partial charge in [0.05, 0.1) is 6.54 Å². The van der Waals surface area contributed by atoms with Crippen molar-refractivity contribution in [1.29, 1.82) is 0 Å². The van der Waals surface area contributed by atoms with Gasteiger partial charge < -0.3 is 15.0 Å². The molecule has 1 aromatic heterocycles. The zero-order chi connectivity index (χ0) is 10.9. The van der Waals surface area contributed by atoms with Crippen LogP contribution in [0.5, 0.6) is 0 Å². The summed E-state index contributed by atoms with van der Waals surface area (Å²) in [6.07, 6.45) is 4.66. The summed E-state index contributed by atoms with van der Waals surface area (Å²) in [5.41, 5.74) is 0. The largest absolute Gasteiger partial charge is 0.382 e. The molecule has 1 aromatic rings. The molecule has 0 atom stereocenters. The number of H-pyrrole nitrogens is 1. The van der Waals surface area contributed by atoms with E-state index in [2.05, 4.69) is 15.3 Å². The van der Waals surface area contributed by atoms with E-state index in [-0.39, 0.29) is 5.91 Å². The predicted octanol–water partition coefficient (Wildman–Crippen LogP) is 0.843. The lowest BCUT2D eigenvalue weighted by atomic mass is 10.3. The minimum Gasteiger partial charge on any atom is -0.382 e. The van der Waals surface area contributed by atoms with Crippen LogP contribution in [0.2, 0.25) is 0 Å². The molecule has 0 aliphatic heterocycles. The zero-order valence-electron chi connectivity index (χ0n) is 8.95. The first kappa shape index (κ1) is 11.7. The molecule has 0 fully saturated rings. The Labute approximate surface area is 89.2 Å². The Morgan fingerprint density at radius 1 is 1.67 bits per heavy atom. The fourth-order valence-electron chi connectivity index (χ4n) is 1.14. The molecule has 0 radical (unpaired) electrons. The van der Waals surface area contributed by atoms with E-state index in [1.807, 2.05) is 6.92 Å². The van der Waals surface area contributed by atoms with Crippen molar-refractivity contribution in [2.75, 3.05) is 13.2 Å². The normalized spacial score (nSPS) is 10.2. The average molecular weight is 211 g/mol. The molecule has 0 spiro atoms. The minimum atomic E-state index is 0.0334. The van der Waals surface area contributed by atoms with Crippen molar-refractivity contribution in [1.82, 2.24) is 15.3 Å². The van der Waals surface area contributed by atoms with Gasteiger partial charge in [-0.05, 0) is 13.3 Å². The third-order valence-corrected chi connectivity index (χ3v) is 1.90. The zero-order valence-corrected chi connectivity index (χ0v) is 8.95. The summed E-state index contributed by atoms with van der Waals surface area (Å²) in [6.45, 7) is 3.75. The number of carbonyl (C=O) groups excluding carboxylic acids is 1. The Balaban J connectivity index is 2.04. The number of hydrogen-bond acceptors (Lipinski definition) is 3. The second-order valence-corrected chi connectivity index (χ2v) is 3.11. The van der Waals surface area contributed by atoms with Crippen LogP contribution in [0.3, 0.4) is 0 Å². The molecule has 0 aliphatic rings. The molecule has 0 saturated heterocycles. The van der Waals surface area contributed by atoms with E-state index in [1.54, 1.807) is 12.4 Å². The van der Waals surface area contributed by atoms with Gasteiger partial charge in [0.25, 0.3) is 0 Å². The van der Waals surface area contributed by atoms with Crippen molar-refractivity contribution in [3.8, 4) is 0 Å². The van der Waals surface area contributed by atoms with E-state index < -0.39 is 0 Å². The van der Waals surface area contributed by atoms with Gasteiger partial charge in [-0.3, -0.25) is 4.79 Å². The summed E-state index contributed by atoms with van der Waals surface area (Å²) in [7, 11) is 0. The number of imidazole rings is 1. The number of carbonyl (C=O) groups is 1. The summed E-state index contributed by atoms with van der Waals surface area (Å²) in [5.74, 6) is 0.805. The van der Waals surface area contributed by atoms with Crippen LogP contribution in [-0.2, 0) is 16.1 Å². The fraction of sp³-hybridized carbons (Fsp3) is 0.600. The number of nitrogens with one attached hydrogen (secondary N) is 2. The molecule has 5 nitrogen and oxygen atoms in total. The van der Waals surface area contributed by atoms with Gasteiger partial charge in [0, 0.05) is 32.0 Å². The van der Waals surface area contributed by atoms with Crippen LogP contribution < -0.4 is 5.32 Å². The van der Waals surface area contributed by atoms with Gasteiger partial charge in [0.15, 0.2) is 0 Å². The molecule has 0 saturated carbocycles. The first-order valence-corrected chi connectivity index (χ1v) is 5.15. The van der Waals surface area contributed by atoms with Crippen LogP contribution in [0, 0.1) is 0 Å². The molecule has 84 valence electrons. The number of aromatic amines is 1. The van der Waals surface area contributed by atoms with Crippen LogP contribution in [0.25, 0.3) is 0 Å². The summed E-state index contributed by atoms with van der Waals surface area (Å²) in [6, 6.07) is 0. The van der Waals surface area contributed by atoms with E-state index in [0.717, 1.165) is 12.2 Å². The van der Waals surface area contributed by atoms with E-state index in [1.165, 1.54) is 0 Å². The smallest absolute Gasteiger partial charge is 0.220 e. The summed E-state index contributed by atoms with van der Waals surface area (Å²) < 4.78 is 5.14. The third kappa shape index (κ3) is 5.17. The maximum atomic E-state index is 11.3. The van der Waals surface area contributed by atoms with Gasteiger partial charge in [-0.15, -0.1) is 0 Å². The van der Waals surface area contributed by atoms with Gasteiger partial charge in [-0.25, -0.2) is 4.98 Å². The molecule has 0 aromatic carbocycles. The Hall–Kier alpha value is -1.36. The molecular formula is C10H17N3O2. The standard InChI is InChI=1S/C10H17N3O2/c1-2-15-7-3-4-10(14)13-8-9-11-5-6-12-9/h5-6H,2-4,7-8H2,1H3,(H,11,12)(H,13,14). The Morgan fingerprint density at radius 3 is 3.20 bits per heavy atom. The van der Waals surface area contributed by atoms with E-state index in [0.29, 0.717) is 26.2 Å². The molecule has 0 aliphatic carbocycles. The molecule has 0 bridgehead atoms. The van der Waals surface area contributed by atoms with Gasteiger partial charge in [0.2, 0.25) is 5.91 Å². The maximum absolute atomic E-state index is 11.3. The van der Waals surface area contributed by atoms with Crippen molar-refractivity contribution in [2.45, 2.75) is 26.3 Å². The van der Waals surface area contributed by atoms with Crippen LogP contribution >= 0.6 is 0 Å². The van der Waals surface area contributed by atoms with Gasteiger partial charge in [-0.2, -0.15) is 0 Å². The van der Waals surface area contributed by atoms with Crippen molar-refractivity contribution < 1.29 is 9.53 Å². The number of rotatable bonds is 7. The molecule has 1 amide bonds. The highest BCUT2D eigenvalue weighted by Crippen LogP contribution is 1.92. The molecule has 15 heavy (non-hydrogen) atoms. The molecule has 2 N–H and O–H groups in total. The quantitative estimate of drug-likeness (QED) is 0.657. The Kier molecular flexibility index (Phi) is 5.47.